The summed E-state index contributed by atoms with van der Waals surface area (Å²) in [6.07, 6.45) is 0.920. The summed E-state index contributed by atoms with van der Waals surface area (Å²) in [5, 5.41) is 2.96. The molecule has 0 bridgehead atoms. The Hall–Kier alpha value is -2.72. The predicted molar refractivity (Wildman–Crippen MR) is 121 cm³/mol. The number of amides is 1. The van der Waals surface area contributed by atoms with Crippen molar-refractivity contribution in [3.05, 3.63) is 59.7 Å². The van der Waals surface area contributed by atoms with Gasteiger partial charge in [0.05, 0.1) is 21.6 Å². The Morgan fingerprint density at radius 2 is 1.75 bits per heavy atom. The van der Waals surface area contributed by atoms with Crippen molar-refractivity contribution in [2.45, 2.75) is 48.6 Å². The van der Waals surface area contributed by atoms with Crippen LogP contribution in [0.5, 0.6) is 0 Å². The molecule has 2 heterocycles. The monoisotopic (exact) mass is 475 g/mol. The van der Waals surface area contributed by atoms with Crippen LogP contribution in [0.25, 0.3) is 0 Å². The average molecular weight is 476 g/mol. The SMILES string of the molecule is CC[C@H](C)[C@H](N=C1NS(=O)(=O)c2ccccc21)C(=O)NC1CCS(=O)(=O)c2ccccc21. The molecule has 0 aliphatic carbocycles. The second-order valence-electron chi connectivity index (χ2n) is 8.12. The van der Waals surface area contributed by atoms with Crippen LogP contribution < -0.4 is 10.0 Å². The molecule has 4 rings (SSSR count). The number of amidine groups is 1. The van der Waals surface area contributed by atoms with Crippen LogP contribution in [-0.4, -0.2) is 40.4 Å². The number of benzene rings is 2. The number of aliphatic imine (C=N–C) groups is 1. The molecule has 0 spiro atoms. The van der Waals surface area contributed by atoms with Gasteiger partial charge in [-0.15, -0.1) is 0 Å². The zero-order valence-corrected chi connectivity index (χ0v) is 19.4. The van der Waals surface area contributed by atoms with E-state index < -0.39 is 31.9 Å². The molecule has 2 N–H and O–H groups in total. The fourth-order valence-electron chi connectivity index (χ4n) is 4.03. The standard InChI is InChI=1S/C22H25N3O5S2/c1-3-14(2)20(24-21-16-9-5-7-11-19(16)32(29,30)25-21)22(26)23-17-12-13-31(27,28)18-10-6-4-8-15(17)18/h4-11,14,17,20H,3,12-13H2,1-2H3,(H,23,26)(H,24,25)/t14-,17?,20-/m0/s1. The number of nitrogens with zero attached hydrogens (tertiary/aromatic N) is 1. The lowest BCUT2D eigenvalue weighted by Gasteiger charge is -2.28. The van der Waals surface area contributed by atoms with Crippen LogP contribution >= 0.6 is 0 Å². The van der Waals surface area contributed by atoms with Gasteiger partial charge in [-0.3, -0.25) is 14.5 Å². The van der Waals surface area contributed by atoms with Crippen molar-refractivity contribution in [1.82, 2.24) is 10.0 Å². The van der Waals surface area contributed by atoms with Crippen LogP contribution in [0.3, 0.4) is 0 Å². The van der Waals surface area contributed by atoms with Gasteiger partial charge in [0, 0.05) is 5.56 Å². The molecule has 2 aliphatic rings. The first-order valence-corrected chi connectivity index (χ1v) is 13.6. The minimum Gasteiger partial charge on any atom is -0.347 e. The number of hydrogen-bond acceptors (Lipinski definition) is 6. The average Bonchev–Trinajstić information content (AvgIpc) is 3.04. The van der Waals surface area contributed by atoms with Crippen molar-refractivity contribution in [2.75, 3.05) is 5.75 Å². The van der Waals surface area contributed by atoms with Gasteiger partial charge in [-0.25, -0.2) is 16.8 Å². The van der Waals surface area contributed by atoms with Crippen molar-refractivity contribution >= 4 is 31.6 Å². The molecule has 0 radical (unpaired) electrons. The fourth-order valence-corrected chi connectivity index (χ4v) is 6.89. The molecule has 170 valence electrons. The van der Waals surface area contributed by atoms with Crippen LogP contribution in [0.2, 0.25) is 0 Å². The largest absolute Gasteiger partial charge is 0.347 e. The quantitative estimate of drug-likeness (QED) is 0.686. The lowest BCUT2D eigenvalue weighted by atomic mass is 9.97. The summed E-state index contributed by atoms with van der Waals surface area (Å²) in [4.78, 5) is 18.2. The van der Waals surface area contributed by atoms with E-state index in [0.717, 1.165) is 0 Å². The van der Waals surface area contributed by atoms with Crippen LogP contribution in [0.1, 0.15) is 43.9 Å². The van der Waals surface area contributed by atoms with Gasteiger partial charge in [0.2, 0.25) is 5.91 Å². The highest BCUT2D eigenvalue weighted by Crippen LogP contribution is 2.32. The Morgan fingerprint density at radius 3 is 2.47 bits per heavy atom. The molecule has 0 aromatic heterocycles. The summed E-state index contributed by atoms with van der Waals surface area (Å²) in [7, 11) is -7.09. The summed E-state index contributed by atoms with van der Waals surface area (Å²) >= 11 is 0. The van der Waals surface area contributed by atoms with Crippen LogP contribution in [0.4, 0.5) is 0 Å². The van der Waals surface area contributed by atoms with Gasteiger partial charge in [0.1, 0.15) is 11.9 Å². The van der Waals surface area contributed by atoms with E-state index in [1.54, 1.807) is 42.5 Å². The van der Waals surface area contributed by atoms with Crippen LogP contribution in [0, 0.1) is 5.92 Å². The molecule has 32 heavy (non-hydrogen) atoms. The summed E-state index contributed by atoms with van der Waals surface area (Å²) in [6, 6.07) is 11.9. The molecule has 0 saturated carbocycles. The van der Waals surface area contributed by atoms with E-state index in [9.17, 15) is 21.6 Å². The number of nitrogens with one attached hydrogen (secondary N) is 2. The van der Waals surface area contributed by atoms with Crippen LogP contribution in [0.15, 0.2) is 63.3 Å². The molecular weight excluding hydrogens is 450 g/mol. The highest BCUT2D eigenvalue weighted by molar-refractivity contribution is 7.91. The van der Waals surface area contributed by atoms with Gasteiger partial charge in [-0.05, 0) is 36.1 Å². The van der Waals surface area contributed by atoms with Crippen molar-refractivity contribution in [2.24, 2.45) is 10.9 Å². The summed E-state index contributed by atoms with van der Waals surface area (Å²) < 4.78 is 52.1. The smallest absolute Gasteiger partial charge is 0.263 e. The molecule has 1 amide bonds. The zero-order valence-electron chi connectivity index (χ0n) is 17.8. The van der Waals surface area contributed by atoms with Crippen LogP contribution in [-0.2, 0) is 24.7 Å². The third-order valence-corrected chi connectivity index (χ3v) is 9.22. The van der Waals surface area contributed by atoms with E-state index in [-0.39, 0.29) is 39.6 Å². The maximum atomic E-state index is 13.3. The molecule has 0 saturated heterocycles. The van der Waals surface area contributed by atoms with E-state index in [1.165, 1.54) is 6.07 Å². The van der Waals surface area contributed by atoms with Gasteiger partial charge in [0.25, 0.3) is 10.0 Å². The normalized spacial score (nSPS) is 23.4. The molecule has 0 fully saturated rings. The Morgan fingerprint density at radius 1 is 1.09 bits per heavy atom. The van der Waals surface area contributed by atoms with E-state index >= 15 is 0 Å². The van der Waals surface area contributed by atoms with Gasteiger partial charge in [-0.2, -0.15) is 0 Å². The molecule has 8 nitrogen and oxygen atoms in total. The zero-order chi connectivity index (χ0) is 23.1. The van der Waals surface area contributed by atoms with Gasteiger partial charge in [0.15, 0.2) is 9.84 Å². The highest BCUT2D eigenvalue weighted by Gasteiger charge is 2.35. The minimum atomic E-state index is -3.72. The topological polar surface area (TPSA) is 122 Å². The number of carbonyl (C=O) groups excluding carboxylic acids is 1. The summed E-state index contributed by atoms with van der Waals surface area (Å²) in [5.74, 6) is -0.436. The van der Waals surface area contributed by atoms with Crippen molar-refractivity contribution in [1.29, 1.82) is 0 Å². The number of rotatable bonds is 5. The molecule has 3 atom stereocenters. The number of sulfonamides is 1. The fraction of sp³-hybridized carbons (Fsp3) is 0.364. The Bertz CT molecular complexity index is 1300. The van der Waals surface area contributed by atoms with Crippen molar-refractivity contribution in [3.8, 4) is 0 Å². The van der Waals surface area contributed by atoms with E-state index in [0.29, 0.717) is 17.5 Å². The lowest BCUT2D eigenvalue weighted by molar-refractivity contribution is -0.124. The molecule has 2 aromatic rings. The second-order valence-corrected chi connectivity index (χ2v) is 11.8. The van der Waals surface area contributed by atoms with Crippen molar-refractivity contribution in [3.63, 3.8) is 0 Å². The van der Waals surface area contributed by atoms with Gasteiger partial charge >= 0.3 is 0 Å². The number of hydrogen-bond donors (Lipinski definition) is 2. The first kappa shape index (κ1) is 22.5. The summed E-state index contributed by atoms with van der Waals surface area (Å²) in [5.41, 5.74) is 0.997. The number of fused-ring (bicyclic) bond motifs is 2. The number of sulfone groups is 1. The minimum absolute atomic E-state index is 0.0509. The highest BCUT2D eigenvalue weighted by atomic mass is 32.2. The molecular formula is C22H25N3O5S2. The van der Waals surface area contributed by atoms with E-state index in [2.05, 4.69) is 15.0 Å². The number of carbonyl (C=O) groups is 1. The molecule has 10 heteroatoms. The Kier molecular flexibility index (Phi) is 5.85. The molecule has 1 unspecified atom stereocenters. The third kappa shape index (κ3) is 4.04. The second kappa shape index (κ2) is 8.32. The van der Waals surface area contributed by atoms with Gasteiger partial charge < -0.3 is 5.32 Å². The Balaban J connectivity index is 1.66. The molecule has 2 aliphatic heterocycles. The predicted octanol–water partition coefficient (Wildman–Crippen LogP) is 2.17. The maximum Gasteiger partial charge on any atom is 0.263 e. The van der Waals surface area contributed by atoms with E-state index in [4.69, 9.17) is 0 Å². The Labute approximate surface area is 188 Å². The maximum absolute atomic E-state index is 13.3. The van der Waals surface area contributed by atoms with Crippen molar-refractivity contribution < 1.29 is 21.6 Å². The third-order valence-electron chi connectivity index (χ3n) is 6.00. The molecule has 2 aromatic carbocycles. The first-order chi connectivity index (χ1) is 15.1. The van der Waals surface area contributed by atoms with Gasteiger partial charge in [-0.1, -0.05) is 50.6 Å². The first-order valence-electron chi connectivity index (χ1n) is 10.5. The lowest BCUT2D eigenvalue weighted by Crippen LogP contribution is -2.42. The summed E-state index contributed by atoms with van der Waals surface area (Å²) in [6.45, 7) is 3.81. The van der Waals surface area contributed by atoms with E-state index in [1.807, 2.05) is 13.8 Å².